The first kappa shape index (κ1) is 13.7. The van der Waals surface area contributed by atoms with E-state index in [1.165, 1.54) is 0 Å². The topological polar surface area (TPSA) is 64.5 Å². The highest BCUT2D eigenvalue weighted by Crippen LogP contribution is 2.16. The van der Waals surface area contributed by atoms with E-state index in [4.69, 9.17) is 9.47 Å². The van der Waals surface area contributed by atoms with Crippen molar-refractivity contribution >= 4 is 5.91 Å². The number of aryl methyl sites for hydroxylation is 1. The van der Waals surface area contributed by atoms with Crippen LogP contribution in [-0.4, -0.2) is 53.4 Å². The van der Waals surface area contributed by atoms with Crippen molar-refractivity contribution in [2.45, 2.75) is 26.4 Å². The average molecular weight is 265 g/mol. The molecule has 0 radical (unpaired) electrons. The molecule has 1 amide bonds. The predicted octanol–water partition coefficient (Wildman–Crippen LogP) is 0.801. The molecule has 1 fully saturated rings. The fourth-order valence-electron chi connectivity index (χ4n) is 1.95. The van der Waals surface area contributed by atoms with Crippen LogP contribution in [0, 0.1) is 6.92 Å². The third-order valence-corrected chi connectivity index (χ3v) is 2.99. The molecule has 1 aliphatic rings. The molecule has 6 heteroatoms. The fraction of sp³-hybridized carbons (Fsp3) is 0.615. The number of carbonyl (C=O) groups is 1. The summed E-state index contributed by atoms with van der Waals surface area (Å²) in [4.78, 5) is 13.5. The van der Waals surface area contributed by atoms with E-state index in [9.17, 15) is 4.79 Å². The van der Waals surface area contributed by atoms with Gasteiger partial charge >= 0.3 is 0 Å². The lowest BCUT2D eigenvalue weighted by atomic mass is 10.3. The lowest BCUT2D eigenvalue weighted by molar-refractivity contribution is -0.135. The fourth-order valence-corrected chi connectivity index (χ4v) is 1.95. The number of amides is 1. The molecular formula is C13H19N3O3. The van der Waals surface area contributed by atoms with Crippen LogP contribution in [0.3, 0.4) is 0 Å². The Morgan fingerprint density at radius 2 is 2.32 bits per heavy atom. The number of aromatic nitrogens is 2. The number of rotatable bonds is 5. The van der Waals surface area contributed by atoms with Crippen molar-refractivity contribution in [1.29, 1.82) is 0 Å². The first-order valence-corrected chi connectivity index (χ1v) is 6.51. The van der Waals surface area contributed by atoms with Crippen molar-refractivity contribution in [3.8, 4) is 5.88 Å². The van der Waals surface area contributed by atoms with Gasteiger partial charge in [0.05, 0.1) is 12.2 Å². The maximum absolute atomic E-state index is 11.8. The number of hydrogen-bond donors (Lipinski definition) is 0. The van der Waals surface area contributed by atoms with Crippen molar-refractivity contribution in [3.63, 3.8) is 0 Å². The summed E-state index contributed by atoms with van der Waals surface area (Å²) in [7, 11) is 0. The SMILES string of the molecule is CCOCC(=O)N1CCC(Oc2ccc(C)nn2)C1. The molecule has 1 atom stereocenters. The highest BCUT2D eigenvalue weighted by Gasteiger charge is 2.27. The Morgan fingerprint density at radius 3 is 3.00 bits per heavy atom. The summed E-state index contributed by atoms with van der Waals surface area (Å²) in [5.41, 5.74) is 0.854. The van der Waals surface area contributed by atoms with Gasteiger partial charge in [0.15, 0.2) is 0 Å². The molecule has 1 aromatic rings. The van der Waals surface area contributed by atoms with Crippen LogP contribution in [0.1, 0.15) is 19.0 Å². The highest BCUT2D eigenvalue weighted by molar-refractivity contribution is 5.77. The summed E-state index contributed by atoms with van der Waals surface area (Å²) in [6.07, 6.45) is 0.801. The maximum atomic E-state index is 11.8. The minimum atomic E-state index is -0.0115. The van der Waals surface area contributed by atoms with Gasteiger partial charge in [-0.2, -0.15) is 5.10 Å². The quantitative estimate of drug-likeness (QED) is 0.788. The van der Waals surface area contributed by atoms with Gasteiger partial charge in [-0.1, -0.05) is 0 Å². The van der Waals surface area contributed by atoms with Gasteiger partial charge < -0.3 is 14.4 Å². The molecule has 0 saturated carbocycles. The van der Waals surface area contributed by atoms with Gasteiger partial charge in [0.1, 0.15) is 12.7 Å². The van der Waals surface area contributed by atoms with Crippen LogP contribution in [-0.2, 0) is 9.53 Å². The van der Waals surface area contributed by atoms with Crippen LogP contribution < -0.4 is 4.74 Å². The molecule has 1 unspecified atom stereocenters. The Hall–Kier alpha value is -1.69. The van der Waals surface area contributed by atoms with E-state index in [0.717, 1.165) is 12.1 Å². The van der Waals surface area contributed by atoms with Crippen LogP contribution in [0.5, 0.6) is 5.88 Å². The first-order valence-electron chi connectivity index (χ1n) is 6.51. The van der Waals surface area contributed by atoms with Gasteiger partial charge in [-0.15, -0.1) is 5.10 Å². The lowest BCUT2D eigenvalue weighted by Gasteiger charge is -2.16. The largest absolute Gasteiger partial charge is 0.471 e. The first-order chi connectivity index (χ1) is 9.19. The monoisotopic (exact) mass is 265 g/mol. The van der Waals surface area contributed by atoms with Crippen molar-refractivity contribution in [1.82, 2.24) is 15.1 Å². The van der Waals surface area contributed by atoms with E-state index in [2.05, 4.69) is 10.2 Å². The summed E-state index contributed by atoms with van der Waals surface area (Å²) in [6, 6.07) is 3.66. The summed E-state index contributed by atoms with van der Waals surface area (Å²) >= 11 is 0. The van der Waals surface area contributed by atoms with Crippen molar-refractivity contribution in [2.75, 3.05) is 26.3 Å². The highest BCUT2D eigenvalue weighted by atomic mass is 16.5. The molecule has 0 spiro atoms. The molecule has 0 aromatic carbocycles. The normalized spacial score (nSPS) is 18.6. The molecule has 104 valence electrons. The molecule has 0 N–H and O–H groups in total. The summed E-state index contributed by atoms with van der Waals surface area (Å²) in [6.45, 7) is 5.74. The second kappa shape index (κ2) is 6.47. The summed E-state index contributed by atoms with van der Waals surface area (Å²) in [5.74, 6) is 0.526. The molecule has 2 heterocycles. The van der Waals surface area contributed by atoms with Crippen molar-refractivity contribution in [3.05, 3.63) is 17.8 Å². The average Bonchev–Trinajstić information content (AvgIpc) is 2.87. The maximum Gasteiger partial charge on any atom is 0.248 e. The molecule has 1 aromatic heterocycles. The molecule has 0 aliphatic carbocycles. The molecule has 19 heavy (non-hydrogen) atoms. The van der Waals surface area contributed by atoms with E-state index >= 15 is 0 Å². The Kier molecular flexibility index (Phi) is 4.68. The Labute approximate surface area is 112 Å². The second-order valence-corrected chi connectivity index (χ2v) is 4.52. The number of carbonyl (C=O) groups excluding carboxylic acids is 1. The van der Waals surface area contributed by atoms with Gasteiger partial charge in [0, 0.05) is 25.6 Å². The van der Waals surface area contributed by atoms with Gasteiger partial charge in [-0.25, -0.2) is 0 Å². The predicted molar refractivity (Wildman–Crippen MR) is 68.9 cm³/mol. The molecule has 1 saturated heterocycles. The third kappa shape index (κ3) is 3.89. The smallest absolute Gasteiger partial charge is 0.248 e. The summed E-state index contributed by atoms with van der Waals surface area (Å²) in [5, 5.41) is 7.90. The van der Waals surface area contributed by atoms with E-state index in [-0.39, 0.29) is 18.6 Å². The zero-order valence-corrected chi connectivity index (χ0v) is 11.3. The van der Waals surface area contributed by atoms with Gasteiger partial charge in [-0.05, 0) is 19.9 Å². The Bertz CT molecular complexity index is 422. The van der Waals surface area contributed by atoms with Crippen molar-refractivity contribution in [2.24, 2.45) is 0 Å². The standard InChI is InChI=1S/C13H19N3O3/c1-3-18-9-13(17)16-7-6-11(8-16)19-12-5-4-10(2)14-15-12/h4-5,11H,3,6-9H2,1-2H3. The van der Waals surface area contributed by atoms with Crippen LogP contribution in [0.4, 0.5) is 0 Å². The lowest BCUT2D eigenvalue weighted by Crippen LogP contribution is -2.33. The molecular weight excluding hydrogens is 246 g/mol. The van der Waals surface area contributed by atoms with E-state index < -0.39 is 0 Å². The third-order valence-electron chi connectivity index (χ3n) is 2.99. The zero-order chi connectivity index (χ0) is 13.7. The Morgan fingerprint density at radius 1 is 1.47 bits per heavy atom. The van der Waals surface area contributed by atoms with Crippen LogP contribution in [0.15, 0.2) is 12.1 Å². The number of ether oxygens (including phenoxy) is 2. The van der Waals surface area contributed by atoms with Crippen molar-refractivity contribution < 1.29 is 14.3 Å². The second-order valence-electron chi connectivity index (χ2n) is 4.52. The summed E-state index contributed by atoms with van der Waals surface area (Å²) < 4.78 is 10.8. The molecule has 2 rings (SSSR count). The minimum absolute atomic E-state index is 0.0115. The number of nitrogens with zero attached hydrogens (tertiary/aromatic N) is 3. The van der Waals surface area contributed by atoms with E-state index in [1.54, 1.807) is 11.0 Å². The van der Waals surface area contributed by atoms with Crippen LogP contribution in [0.25, 0.3) is 0 Å². The zero-order valence-electron chi connectivity index (χ0n) is 11.3. The number of likely N-dealkylation sites (tertiary alicyclic amines) is 1. The Balaban J connectivity index is 1.81. The van der Waals surface area contributed by atoms with Gasteiger partial charge in [-0.3, -0.25) is 4.79 Å². The van der Waals surface area contributed by atoms with Crippen LogP contribution in [0.2, 0.25) is 0 Å². The van der Waals surface area contributed by atoms with Gasteiger partial charge in [0.2, 0.25) is 11.8 Å². The number of hydrogen-bond acceptors (Lipinski definition) is 5. The molecule has 0 bridgehead atoms. The molecule has 6 nitrogen and oxygen atoms in total. The minimum Gasteiger partial charge on any atom is -0.471 e. The van der Waals surface area contributed by atoms with Crippen LogP contribution >= 0.6 is 0 Å². The van der Waals surface area contributed by atoms with E-state index in [1.807, 2.05) is 19.9 Å². The van der Waals surface area contributed by atoms with E-state index in [0.29, 0.717) is 25.6 Å². The molecule has 1 aliphatic heterocycles. The van der Waals surface area contributed by atoms with Gasteiger partial charge in [0.25, 0.3) is 0 Å².